The molecular weight excluding hydrogens is 352 g/mol. The lowest BCUT2D eigenvalue weighted by Crippen LogP contribution is -2.33. The standard InChI is InChI=1S/C18H20N4OS2/c1-3-13(2)19-16(23)12-25-18-21-20-17(15-10-7-11-24-15)22(18)14-8-5-4-6-9-14/h4-11,13H,3,12H2,1-2H3,(H,19,23)/t13-/m1/s1. The molecule has 0 aliphatic carbocycles. The van der Waals surface area contributed by atoms with Gasteiger partial charge in [0.25, 0.3) is 0 Å². The van der Waals surface area contributed by atoms with Gasteiger partial charge >= 0.3 is 0 Å². The minimum atomic E-state index is 0.0136. The summed E-state index contributed by atoms with van der Waals surface area (Å²) in [6.45, 7) is 4.06. The van der Waals surface area contributed by atoms with Gasteiger partial charge in [-0.3, -0.25) is 9.36 Å². The van der Waals surface area contributed by atoms with Crippen LogP contribution in [0.5, 0.6) is 0 Å². The molecule has 2 aromatic heterocycles. The van der Waals surface area contributed by atoms with Crippen molar-refractivity contribution in [1.82, 2.24) is 20.1 Å². The van der Waals surface area contributed by atoms with Gasteiger partial charge in [-0.05, 0) is 36.9 Å². The molecule has 0 saturated carbocycles. The molecule has 0 spiro atoms. The molecule has 7 heteroatoms. The number of thiophene rings is 1. The van der Waals surface area contributed by atoms with E-state index in [2.05, 4.69) is 22.4 Å². The fourth-order valence-corrected chi connectivity index (χ4v) is 3.75. The monoisotopic (exact) mass is 372 g/mol. The van der Waals surface area contributed by atoms with E-state index in [4.69, 9.17) is 0 Å². The molecule has 0 aliphatic rings. The van der Waals surface area contributed by atoms with Crippen molar-refractivity contribution in [3.63, 3.8) is 0 Å². The number of para-hydroxylation sites is 1. The Labute approximate surface area is 155 Å². The number of carbonyl (C=O) groups is 1. The number of nitrogens with zero attached hydrogens (tertiary/aromatic N) is 3. The van der Waals surface area contributed by atoms with Gasteiger partial charge in [0.1, 0.15) is 0 Å². The lowest BCUT2D eigenvalue weighted by Gasteiger charge is -2.12. The van der Waals surface area contributed by atoms with E-state index >= 15 is 0 Å². The largest absolute Gasteiger partial charge is 0.353 e. The third-order valence-electron chi connectivity index (χ3n) is 3.74. The summed E-state index contributed by atoms with van der Waals surface area (Å²) in [6.07, 6.45) is 0.916. The number of rotatable bonds is 7. The highest BCUT2D eigenvalue weighted by Gasteiger charge is 2.18. The first-order valence-electron chi connectivity index (χ1n) is 8.16. The summed E-state index contributed by atoms with van der Waals surface area (Å²) >= 11 is 3.02. The van der Waals surface area contributed by atoms with Crippen LogP contribution in [0.1, 0.15) is 20.3 Å². The third kappa shape index (κ3) is 4.29. The number of amides is 1. The van der Waals surface area contributed by atoms with Crippen LogP contribution in [0.3, 0.4) is 0 Å². The molecule has 0 unspecified atom stereocenters. The van der Waals surface area contributed by atoms with Crippen molar-refractivity contribution in [3.05, 3.63) is 47.8 Å². The van der Waals surface area contributed by atoms with Crippen LogP contribution >= 0.6 is 23.1 Å². The van der Waals surface area contributed by atoms with Gasteiger partial charge in [-0.2, -0.15) is 0 Å². The zero-order valence-electron chi connectivity index (χ0n) is 14.2. The number of aromatic nitrogens is 3. The van der Waals surface area contributed by atoms with Crippen molar-refractivity contribution in [3.8, 4) is 16.4 Å². The molecular formula is C18H20N4OS2. The van der Waals surface area contributed by atoms with E-state index in [1.165, 1.54) is 11.8 Å². The van der Waals surface area contributed by atoms with Gasteiger partial charge in [0.05, 0.1) is 10.6 Å². The van der Waals surface area contributed by atoms with Crippen molar-refractivity contribution >= 4 is 29.0 Å². The first-order valence-corrected chi connectivity index (χ1v) is 10.0. The van der Waals surface area contributed by atoms with Crippen LogP contribution in [0.15, 0.2) is 53.0 Å². The predicted molar refractivity (Wildman–Crippen MR) is 103 cm³/mol. The summed E-state index contributed by atoms with van der Waals surface area (Å²) in [5, 5.41) is 14.4. The smallest absolute Gasteiger partial charge is 0.230 e. The van der Waals surface area contributed by atoms with E-state index in [1.54, 1.807) is 11.3 Å². The molecule has 0 radical (unpaired) electrons. The van der Waals surface area contributed by atoms with Crippen molar-refractivity contribution in [2.45, 2.75) is 31.5 Å². The van der Waals surface area contributed by atoms with Gasteiger partial charge in [0, 0.05) is 11.7 Å². The third-order valence-corrected chi connectivity index (χ3v) is 5.54. The molecule has 0 bridgehead atoms. The minimum absolute atomic E-state index is 0.0136. The molecule has 0 saturated heterocycles. The molecule has 1 aromatic carbocycles. The number of thioether (sulfide) groups is 1. The number of hydrogen-bond acceptors (Lipinski definition) is 5. The zero-order chi connectivity index (χ0) is 17.6. The Balaban J connectivity index is 1.86. The lowest BCUT2D eigenvalue weighted by molar-refractivity contribution is -0.119. The first kappa shape index (κ1) is 17.7. The molecule has 0 aliphatic heterocycles. The Morgan fingerprint density at radius 1 is 1.24 bits per heavy atom. The Bertz CT molecular complexity index is 815. The Kier molecular flexibility index (Phi) is 5.88. The quantitative estimate of drug-likeness (QED) is 0.637. The molecule has 0 fully saturated rings. The van der Waals surface area contributed by atoms with E-state index in [1.807, 2.05) is 59.3 Å². The fraction of sp³-hybridized carbons (Fsp3) is 0.278. The van der Waals surface area contributed by atoms with Crippen molar-refractivity contribution in [2.24, 2.45) is 0 Å². The van der Waals surface area contributed by atoms with E-state index in [0.717, 1.165) is 22.8 Å². The van der Waals surface area contributed by atoms with Crippen LogP contribution in [0.25, 0.3) is 16.4 Å². The molecule has 25 heavy (non-hydrogen) atoms. The second kappa shape index (κ2) is 8.31. The summed E-state index contributed by atoms with van der Waals surface area (Å²) in [5.74, 6) is 1.13. The minimum Gasteiger partial charge on any atom is -0.353 e. The van der Waals surface area contributed by atoms with Crippen molar-refractivity contribution in [1.29, 1.82) is 0 Å². The van der Waals surface area contributed by atoms with Gasteiger partial charge in [-0.15, -0.1) is 21.5 Å². The molecule has 130 valence electrons. The molecule has 3 rings (SSSR count). The Morgan fingerprint density at radius 2 is 2.04 bits per heavy atom. The second-order valence-corrected chi connectivity index (χ2v) is 7.51. The molecule has 1 N–H and O–H groups in total. The highest BCUT2D eigenvalue weighted by Crippen LogP contribution is 2.30. The Morgan fingerprint density at radius 3 is 2.72 bits per heavy atom. The van der Waals surface area contributed by atoms with Gasteiger partial charge in [-0.1, -0.05) is 43.0 Å². The molecule has 5 nitrogen and oxygen atoms in total. The van der Waals surface area contributed by atoms with Gasteiger partial charge < -0.3 is 5.32 Å². The van der Waals surface area contributed by atoms with Gasteiger partial charge in [0.2, 0.25) is 5.91 Å². The van der Waals surface area contributed by atoms with E-state index < -0.39 is 0 Å². The molecule has 2 heterocycles. The molecule has 1 atom stereocenters. The van der Waals surface area contributed by atoms with Crippen LogP contribution in [-0.2, 0) is 4.79 Å². The molecule has 1 amide bonds. The van der Waals surface area contributed by atoms with Crippen LogP contribution in [0.2, 0.25) is 0 Å². The summed E-state index contributed by atoms with van der Waals surface area (Å²) in [4.78, 5) is 13.1. The lowest BCUT2D eigenvalue weighted by atomic mass is 10.3. The van der Waals surface area contributed by atoms with Gasteiger partial charge in [0.15, 0.2) is 11.0 Å². The maximum Gasteiger partial charge on any atom is 0.230 e. The van der Waals surface area contributed by atoms with E-state index in [0.29, 0.717) is 10.9 Å². The normalized spacial score (nSPS) is 12.1. The predicted octanol–water partition coefficient (Wildman–Crippen LogP) is 4.00. The van der Waals surface area contributed by atoms with Gasteiger partial charge in [-0.25, -0.2) is 0 Å². The average molecular weight is 373 g/mol. The zero-order valence-corrected chi connectivity index (χ0v) is 15.8. The first-order chi connectivity index (χ1) is 12.2. The van der Waals surface area contributed by atoms with Crippen LogP contribution < -0.4 is 5.32 Å². The average Bonchev–Trinajstić information content (AvgIpc) is 3.29. The van der Waals surface area contributed by atoms with Crippen LogP contribution in [0, 0.1) is 0 Å². The SMILES string of the molecule is CC[C@@H](C)NC(=O)CSc1nnc(-c2cccs2)n1-c1ccccc1. The number of nitrogens with one attached hydrogen (secondary N) is 1. The summed E-state index contributed by atoms with van der Waals surface area (Å²) in [7, 11) is 0. The van der Waals surface area contributed by atoms with E-state index in [9.17, 15) is 4.79 Å². The van der Waals surface area contributed by atoms with Crippen LogP contribution in [-0.4, -0.2) is 32.5 Å². The van der Waals surface area contributed by atoms with Crippen molar-refractivity contribution in [2.75, 3.05) is 5.75 Å². The Hall–Kier alpha value is -2.12. The maximum atomic E-state index is 12.1. The highest BCUT2D eigenvalue weighted by molar-refractivity contribution is 7.99. The topological polar surface area (TPSA) is 59.8 Å². The summed E-state index contributed by atoms with van der Waals surface area (Å²) in [6, 6.07) is 14.2. The van der Waals surface area contributed by atoms with E-state index in [-0.39, 0.29) is 11.9 Å². The highest BCUT2D eigenvalue weighted by atomic mass is 32.2. The molecule has 3 aromatic rings. The summed E-state index contributed by atoms with van der Waals surface area (Å²) < 4.78 is 2.01. The number of carbonyl (C=O) groups excluding carboxylic acids is 1. The number of hydrogen-bond donors (Lipinski definition) is 1. The number of benzene rings is 1. The summed E-state index contributed by atoms with van der Waals surface area (Å²) in [5.41, 5.74) is 0.987. The maximum absolute atomic E-state index is 12.1. The fourth-order valence-electron chi connectivity index (χ4n) is 2.29. The second-order valence-electron chi connectivity index (χ2n) is 5.62. The van der Waals surface area contributed by atoms with Crippen molar-refractivity contribution < 1.29 is 4.79 Å². The van der Waals surface area contributed by atoms with Crippen LogP contribution in [0.4, 0.5) is 0 Å².